The first kappa shape index (κ1) is 16.5. The number of ether oxygens (including phenoxy) is 2. The zero-order valence-electron chi connectivity index (χ0n) is 15.4. The van der Waals surface area contributed by atoms with Crippen molar-refractivity contribution in [3.05, 3.63) is 84.8 Å². The third-order valence-electron chi connectivity index (χ3n) is 4.81. The topological polar surface area (TPSA) is 44.2 Å². The lowest BCUT2D eigenvalue weighted by Crippen LogP contribution is -1.93. The summed E-state index contributed by atoms with van der Waals surface area (Å²) in [6.45, 7) is 2.30. The number of fused-ring (bicyclic) bond motifs is 1. The minimum Gasteiger partial charge on any atom is -0.454 e. The SMILES string of the molecule is Cc1cc(-c2ccc3c(c2)OCO3)cc(-c2cccc(-c3cccnc3)c2)n1. The highest BCUT2D eigenvalue weighted by Crippen LogP contribution is 2.37. The van der Waals surface area contributed by atoms with Crippen molar-refractivity contribution in [1.82, 2.24) is 9.97 Å². The van der Waals surface area contributed by atoms with Crippen LogP contribution in [-0.2, 0) is 0 Å². The van der Waals surface area contributed by atoms with Crippen molar-refractivity contribution in [1.29, 1.82) is 0 Å². The molecule has 0 unspecified atom stereocenters. The summed E-state index contributed by atoms with van der Waals surface area (Å²) in [5.74, 6) is 1.58. The normalized spacial score (nSPS) is 12.2. The van der Waals surface area contributed by atoms with E-state index < -0.39 is 0 Å². The summed E-state index contributed by atoms with van der Waals surface area (Å²) in [5.41, 5.74) is 7.39. The molecule has 4 aromatic rings. The molecule has 1 aliphatic rings. The van der Waals surface area contributed by atoms with Crippen LogP contribution in [0.3, 0.4) is 0 Å². The average Bonchev–Trinajstić information content (AvgIpc) is 3.22. The Morgan fingerprint density at radius 2 is 1.54 bits per heavy atom. The lowest BCUT2D eigenvalue weighted by atomic mass is 9.99. The van der Waals surface area contributed by atoms with E-state index in [1.165, 1.54) is 0 Å². The van der Waals surface area contributed by atoms with E-state index in [4.69, 9.17) is 14.5 Å². The molecule has 5 rings (SSSR count). The van der Waals surface area contributed by atoms with E-state index in [-0.39, 0.29) is 6.79 Å². The Morgan fingerprint density at radius 3 is 2.43 bits per heavy atom. The maximum Gasteiger partial charge on any atom is 0.231 e. The summed E-state index contributed by atoms with van der Waals surface area (Å²) in [4.78, 5) is 8.99. The van der Waals surface area contributed by atoms with Gasteiger partial charge in [-0.15, -0.1) is 0 Å². The minimum atomic E-state index is 0.278. The first-order chi connectivity index (χ1) is 13.8. The zero-order valence-corrected chi connectivity index (χ0v) is 15.4. The summed E-state index contributed by atoms with van der Waals surface area (Å²) in [7, 11) is 0. The van der Waals surface area contributed by atoms with Gasteiger partial charge in [-0.2, -0.15) is 0 Å². The molecule has 0 saturated carbocycles. The van der Waals surface area contributed by atoms with Gasteiger partial charge >= 0.3 is 0 Å². The Balaban J connectivity index is 1.57. The quantitative estimate of drug-likeness (QED) is 0.479. The van der Waals surface area contributed by atoms with Crippen LogP contribution in [0.4, 0.5) is 0 Å². The van der Waals surface area contributed by atoms with Crippen molar-refractivity contribution >= 4 is 0 Å². The molecular weight excluding hydrogens is 348 g/mol. The van der Waals surface area contributed by atoms with Crippen LogP contribution >= 0.6 is 0 Å². The molecule has 0 spiro atoms. The van der Waals surface area contributed by atoms with Crippen LogP contribution in [0, 0.1) is 6.92 Å². The van der Waals surface area contributed by atoms with Gasteiger partial charge in [0.2, 0.25) is 6.79 Å². The molecular formula is C24H18N2O2. The highest BCUT2D eigenvalue weighted by atomic mass is 16.7. The van der Waals surface area contributed by atoms with Gasteiger partial charge in [-0.1, -0.05) is 30.3 Å². The van der Waals surface area contributed by atoms with Gasteiger partial charge in [-0.3, -0.25) is 9.97 Å². The number of hydrogen-bond donors (Lipinski definition) is 0. The molecule has 0 radical (unpaired) electrons. The molecule has 28 heavy (non-hydrogen) atoms. The second kappa shape index (κ2) is 6.82. The molecule has 0 amide bonds. The third kappa shape index (κ3) is 3.09. The summed E-state index contributed by atoms with van der Waals surface area (Å²) in [5, 5.41) is 0. The largest absolute Gasteiger partial charge is 0.454 e. The van der Waals surface area contributed by atoms with Crippen LogP contribution in [-0.4, -0.2) is 16.8 Å². The Kier molecular flexibility index (Phi) is 4.02. The van der Waals surface area contributed by atoms with Crippen LogP contribution in [0.1, 0.15) is 5.69 Å². The van der Waals surface area contributed by atoms with Gasteiger partial charge in [0, 0.05) is 29.2 Å². The smallest absolute Gasteiger partial charge is 0.231 e. The first-order valence-electron chi connectivity index (χ1n) is 9.16. The van der Waals surface area contributed by atoms with Crippen molar-refractivity contribution in [2.75, 3.05) is 6.79 Å². The first-order valence-corrected chi connectivity index (χ1v) is 9.16. The molecule has 2 aromatic carbocycles. The number of nitrogens with zero attached hydrogens (tertiary/aromatic N) is 2. The summed E-state index contributed by atoms with van der Waals surface area (Å²) < 4.78 is 10.9. The number of benzene rings is 2. The van der Waals surface area contributed by atoms with Crippen LogP contribution in [0.25, 0.3) is 33.5 Å². The molecule has 2 aromatic heterocycles. The van der Waals surface area contributed by atoms with Gasteiger partial charge < -0.3 is 9.47 Å². The molecule has 136 valence electrons. The van der Waals surface area contributed by atoms with E-state index in [2.05, 4.69) is 53.5 Å². The standard InChI is InChI=1S/C24H18N2O2/c1-16-10-21(18-7-8-23-24(13-18)28-15-27-23)12-22(26-16)19-5-2-4-17(11-19)20-6-3-9-25-14-20/h2-14H,15H2,1H3. The van der Waals surface area contributed by atoms with Gasteiger partial charge in [0.05, 0.1) is 5.69 Å². The monoisotopic (exact) mass is 366 g/mol. The maximum atomic E-state index is 5.53. The molecule has 0 fully saturated rings. The van der Waals surface area contributed by atoms with Gasteiger partial charge in [0.1, 0.15) is 0 Å². The van der Waals surface area contributed by atoms with Gasteiger partial charge in [0.15, 0.2) is 11.5 Å². The lowest BCUT2D eigenvalue weighted by molar-refractivity contribution is 0.174. The molecule has 3 heterocycles. The number of aromatic nitrogens is 2. The van der Waals surface area contributed by atoms with E-state index >= 15 is 0 Å². The maximum absolute atomic E-state index is 5.53. The molecule has 0 saturated heterocycles. The molecule has 0 aliphatic carbocycles. The number of rotatable bonds is 3. The fourth-order valence-corrected chi connectivity index (χ4v) is 3.45. The van der Waals surface area contributed by atoms with Gasteiger partial charge in [-0.05, 0) is 60.0 Å². The Morgan fingerprint density at radius 1 is 0.714 bits per heavy atom. The van der Waals surface area contributed by atoms with Crippen LogP contribution in [0.2, 0.25) is 0 Å². The van der Waals surface area contributed by atoms with E-state index in [0.29, 0.717) is 0 Å². The summed E-state index contributed by atoms with van der Waals surface area (Å²) in [6, 6.07) is 22.6. The number of aryl methyl sites for hydroxylation is 1. The van der Waals surface area contributed by atoms with Gasteiger partial charge in [-0.25, -0.2) is 0 Å². The molecule has 0 atom stereocenters. The summed E-state index contributed by atoms with van der Waals surface area (Å²) in [6.07, 6.45) is 3.66. The lowest BCUT2D eigenvalue weighted by Gasteiger charge is -2.10. The number of hydrogen-bond acceptors (Lipinski definition) is 4. The second-order valence-corrected chi connectivity index (χ2v) is 6.77. The van der Waals surface area contributed by atoms with Crippen molar-refractivity contribution in [3.63, 3.8) is 0 Å². The Labute approximate surface area is 163 Å². The average molecular weight is 366 g/mol. The molecule has 1 aliphatic heterocycles. The predicted octanol–water partition coefficient (Wildman–Crippen LogP) is 5.51. The van der Waals surface area contributed by atoms with Crippen LogP contribution in [0.5, 0.6) is 11.5 Å². The molecule has 0 N–H and O–H groups in total. The molecule has 0 bridgehead atoms. The van der Waals surface area contributed by atoms with Crippen molar-refractivity contribution in [3.8, 4) is 45.0 Å². The highest BCUT2D eigenvalue weighted by Gasteiger charge is 2.14. The molecule has 4 nitrogen and oxygen atoms in total. The van der Waals surface area contributed by atoms with Crippen molar-refractivity contribution in [2.24, 2.45) is 0 Å². The fraction of sp³-hybridized carbons (Fsp3) is 0.0833. The Bertz CT molecular complexity index is 1160. The number of pyridine rings is 2. The Hall–Kier alpha value is -3.66. The van der Waals surface area contributed by atoms with Gasteiger partial charge in [0.25, 0.3) is 0 Å². The molecule has 4 heteroatoms. The predicted molar refractivity (Wildman–Crippen MR) is 109 cm³/mol. The highest BCUT2D eigenvalue weighted by molar-refractivity contribution is 5.76. The van der Waals surface area contributed by atoms with Crippen LogP contribution in [0.15, 0.2) is 79.1 Å². The van der Waals surface area contributed by atoms with E-state index in [9.17, 15) is 0 Å². The van der Waals surface area contributed by atoms with Crippen molar-refractivity contribution < 1.29 is 9.47 Å². The van der Waals surface area contributed by atoms with E-state index in [1.54, 1.807) is 6.20 Å². The summed E-state index contributed by atoms with van der Waals surface area (Å²) >= 11 is 0. The minimum absolute atomic E-state index is 0.278. The van der Waals surface area contributed by atoms with E-state index in [0.717, 1.165) is 50.7 Å². The second-order valence-electron chi connectivity index (χ2n) is 6.77. The fourth-order valence-electron chi connectivity index (χ4n) is 3.45. The van der Waals surface area contributed by atoms with Crippen molar-refractivity contribution in [2.45, 2.75) is 6.92 Å². The van der Waals surface area contributed by atoms with Crippen LogP contribution < -0.4 is 9.47 Å². The zero-order chi connectivity index (χ0) is 18.9. The third-order valence-corrected chi connectivity index (χ3v) is 4.81. The van der Waals surface area contributed by atoms with E-state index in [1.807, 2.05) is 31.3 Å².